The van der Waals surface area contributed by atoms with E-state index in [0.29, 0.717) is 5.56 Å². The van der Waals surface area contributed by atoms with Crippen molar-refractivity contribution in [3.8, 4) is 0 Å². The molecule has 0 saturated carbocycles. The van der Waals surface area contributed by atoms with E-state index in [0.717, 1.165) is 17.0 Å². The van der Waals surface area contributed by atoms with Crippen molar-refractivity contribution in [2.24, 2.45) is 5.92 Å². The van der Waals surface area contributed by atoms with Crippen LogP contribution in [-0.4, -0.2) is 35.4 Å². The molecule has 0 saturated heterocycles. The highest BCUT2D eigenvalue weighted by Gasteiger charge is 2.20. The summed E-state index contributed by atoms with van der Waals surface area (Å²) in [6.45, 7) is 8.43. The van der Waals surface area contributed by atoms with E-state index in [1.807, 2.05) is 37.3 Å². The third kappa shape index (κ3) is 10.5. The Morgan fingerprint density at radius 2 is 1.62 bits per heavy atom. The SMILES string of the molecule is CC(C)C.Cc1cccc(C(CC(=O)NCB(O)O)NC(=O)c2ccccc2)c1. The number of rotatable bonds is 7. The number of amides is 2. The highest BCUT2D eigenvalue weighted by Crippen LogP contribution is 2.19. The summed E-state index contributed by atoms with van der Waals surface area (Å²) in [6.07, 6.45) is -0.263. The molecular formula is C22H31BN2O4. The second kappa shape index (κ2) is 12.8. The Kier molecular flexibility index (Phi) is 10.7. The van der Waals surface area contributed by atoms with Crippen LogP contribution in [0.1, 0.15) is 54.7 Å². The molecule has 0 aromatic heterocycles. The van der Waals surface area contributed by atoms with Crippen LogP contribution in [0.2, 0.25) is 0 Å². The Labute approximate surface area is 173 Å². The van der Waals surface area contributed by atoms with Crippen LogP contribution in [-0.2, 0) is 4.79 Å². The molecule has 1 atom stereocenters. The van der Waals surface area contributed by atoms with Crippen LogP contribution in [0.15, 0.2) is 54.6 Å². The molecule has 1 unspecified atom stereocenters. The van der Waals surface area contributed by atoms with Gasteiger partial charge >= 0.3 is 7.12 Å². The molecule has 2 rings (SSSR count). The van der Waals surface area contributed by atoms with Gasteiger partial charge in [-0.05, 0) is 30.5 Å². The Bertz CT molecular complexity index is 764. The summed E-state index contributed by atoms with van der Waals surface area (Å²) in [5.74, 6) is 0.176. The quantitative estimate of drug-likeness (QED) is 0.539. The van der Waals surface area contributed by atoms with Crippen molar-refractivity contribution >= 4 is 18.9 Å². The molecule has 0 fully saturated rings. The van der Waals surface area contributed by atoms with Crippen molar-refractivity contribution in [3.63, 3.8) is 0 Å². The summed E-state index contributed by atoms with van der Waals surface area (Å²) in [5, 5.41) is 23.0. The summed E-state index contributed by atoms with van der Waals surface area (Å²) in [4.78, 5) is 24.5. The second-order valence-electron chi connectivity index (χ2n) is 7.53. The predicted octanol–water partition coefficient (Wildman–Crippen LogP) is 2.65. The molecule has 156 valence electrons. The fraction of sp³-hybridized carbons (Fsp3) is 0.364. The summed E-state index contributed by atoms with van der Waals surface area (Å²) in [5.41, 5.74) is 2.33. The van der Waals surface area contributed by atoms with E-state index in [2.05, 4.69) is 31.4 Å². The minimum atomic E-state index is -1.61. The van der Waals surface area contributed by atoms with Crippen LogP contribution in [0.5, 0.6) is 0 Å². The fourth-order valence-electron chi connectivity index (χ4n) is 2.43. The summed E-state index contributed by atoms with van der Waals surface area (Å²) < 4.78 is 0. The zero-order valence-electron chi connectivity index (χ0n) is 17.6. The number of nitrogens with one attached hydrogen (secondary N) is 2. The Morgan fingerprint density at radius 1 is 1.00 bits per heavy atom. The molecule has 0 aliphatic rings. The van der Waals surface area contributed by atoms with Gasteiger partial charge < -0.3 is 20.7 Å². The van der Waals surface area contributed by atoms with Gasteiger partial charge in [-0.3, -0.25) is 9.59 Å². The van der Waals surface area contributed by atoms with E-state index < -0.39 is 13.2 Å². The van der Waals surface area contributed by atoms with Crippen LogP contribution in [0.25, 0.3) is 0 Å². The summed E-state index contributed by atoms with van der Waals surface area (Å²) in [7, 11) is -1.61. The first-order valence-electron chi connectivity index (χ1n) is 9.74. The zero-order chi connectivity index (χ0) is 21.8. The van der Waals surface area contributed by atoms with E-state index in [1.165, 1.54) is 0 Å². The third-order valence-corrected chi connectivity index (χ3v) is 3.66. The van der Waals surface area contributed by atoms with Crippen molar-refractivity contribution in [3.05, 3.63) is 71.3 Å². The van der Waals surface area contributed by atoms with Crippen LogP contribution >= 0.6 is 0 Å². The minimum Gasteiger partial charge on any atom is -0.426 e. The molecule has 4 N–H and O–H groups in total. The van der Waals surface area contributed by atoms with E-state index in [1.54, 1.807) is 24.3 Å². The molecule has 29 heavy (non-hydrogen) atoms. The monoisotopic (exact) mass is 398 g/mol. The summed E-state index contributed by atoms with van der Waals surface area (Å²) in [6, 6.07) is 15.8. The molecule has 7 heteroatoms. The van der Waals surface area contributed by atoms with Crippen molar-refractivity contribution < 1.29 is 19.6 Å². The number of hydrogen-bond acceptors (Lipinski definition) is 4. The Balaban J connectivity index is 0.000000960. The molecule has 0 aliphatic heterocycles. The van der Waals surface area contributed by atoms with Crippen molar-refractivity contribution in [1.29, 1.82) is 0 Å². The maximum absolute atomic E-state index is 12.4. The lowest BCUT2D eigenvalue weighted by molar-refractivity contribution is -0.121. The van der Waals surface area contributed by atoms with E-state index >= 15 is 0 Å². The molecule has 0 aliphatic carbocycles. The number of aryl methyl sites for hydroxylation is 1. The van der Waals surface area contributed by atoms with Gasteiger partial charge in [-0.1, -0.05) is 68.8 Å². The van der Waals surface area contributed by atoms with Gasteiger partial charge in [-0.25, -0.2) is 0 Å². The van der Waals surface area contributed by atoms with Crippen LogP contribution in [0.3, 0.4) is 0 Å². The number of carbonyl (C=O) groups is 2. The first-order valence-corrected chi connectivity index (χ1v) is 9.74. The highest BCUT2D eigenvalue weighted by atomic mass is 16.4. The van der Waals surface area contributed by atoms with Crippen LogP contribution in [0, 0.1) is 12.8 Å². The average Bonchev–Trinajstić information content (AvgIpc) is 2.66. The van der Waals surface area contributed by atoms with Crippen molar-refractivity contribution in [1.82, 2.24) is 10.6 Å². The third-order valence-electron chi connectivity index (χ3n) is 3.66. The maximum atomic E-state index is 12.4. The van der Waals surface area contributed by atoms with E-state index in [4.69, 9.17) is 10.0 Å². The largest absolute Gasteiger partial charge is 0.472 e. The lowest BCUT2D eigenvalue weighted by Gasteiger charge is -2.19. The fourth-order valence-corrected chi connectivity index (χ4v) is 2.43. The summed E-state index contributed by atoms with van der Waals surface area (Å²) >= 11 is 0. The molecule has 2 amide bonds. The first-order chi connectivity index (χ1) is 13.7. The maximum Gasteiger partial charge on any atom is 0.472 e. The van der Waals surface area contributed by atoms with Gasteiger partial charge in [0, 0.05) is 5.56 Å². The van der Waals surface area contributed by atoms with Gasteiger partial charge in [0.1, 0.15) is 0 Å². The number of benzene rings is 2. The molecule has 2 aromatic rings. The minimum absolute atomic E-state index is 0.00521. The average molecular weight is 398 g/mol. The van der Waals surface area contributed by atoms with Gasteiger partial charge in [0.25, 0.3) is 5.91 Å². The van der Waals surface area contributed by atoms with Crippen LogP contribution in [0.4, 0.5) is 0 Å². The normalized spacial score (nSPS) is 11.1. The molecule has 0 bridgehead atoms. The Hall–Kier alpha value is -2.64. The predicted molar refractivity (Wildman–Crippen MR) is 116 cm³/mol. The van der Waals surface area contributed by atoms with Gasteiger partial charge in [-0.2, -0.15) is 0 Å². The van der Waals surface area contributed by atoms with E-state index in [-0.39, 0.29) is 24.7 Å². The Morgan fingerprint density at radius 3 is 2.17 bits per heavy atom. The number of hydrogen-bond donors (Lipinski definition) is 4. The topological polar surface area (TPSA) is 98.7 Å². The first kappa shape index (κ1) is 24.4. The molecule has 2 aromatic carbocycles. The van der Waals surface area contributed by atoms with E-state index in [9.17, 15) is 9.59 Å². The van der Waals surface area contributed by atoms with Gasteiger partial charge in [0.2, 0.25) is 5.91 Å². The highest BCUT2D eigenvalue weighted by molar-refractivity contribution is 6.41. The smallest absolute Gasteiger partial charge is 0.426 e. The van der Waals surface area contributed by atoms with Crippen molar-refractivity contribution in [2.45, 2.75) is 40.2 Å². The number of carbonyl (C=O) groups excluding carboxylic acids is 2. The molecular weight excluding hydrogens is 367 g/mol. The zero-order valence-corrected chi connectivity index (χ0v) is 17.6. The molecule has 0 spiro atoms. The second-order valence-corrected chi connectivity index (χ2v) is 7.53. The van der Waals surface area contributed by atoms with Gasteiger partial charge in [0.15, 0.2) is 0 Å². The molecule has 0 heterocycles. The van der Waals surface area contributed by atoms with Crippen LogP contribution < -0.4 is 10.6 Å². The van der Waals surface area contributed by atoms with Gasteiger partial charge in [-0.15, -0.1) is 0 Å². The van der Waals surface area contributed by atoms with Gasteiger partial charge in [0.05, 0.1) is 18.9 Å². The standard InChI is InChI=1S/C18H21BN2O4.C4H10/c1-13-6-5-9-15(10-13)16(11-17(22)20-12-19(24)25)21-18(23)14-7-3-2-4-8-14;1-4(2)3/h2-10,16,24-25H,11-12H2,1H3,(H,20,22)(H,21,23);4H,1-3H3. The van der Waals surface area contributed by atoms with Crippen molar-refractivity contribution in [2.75, 3.05) is 6.44 Å². The molecule has 0 radical (unpaired) electrons. The lowest BCUT2D eigenvalue weighted by Crippen LogP contribution is -2.38. The lowest BCUT2D eigenvalue weighted by atomic mass is 9.92. The molecule has 6 nitrogen and oxygen atoms in total.